The number of piperazine rings is 1. The third-order valence-electron chi connectivity index (χ3n) is 4.81. The summed E-state index contributed by atoms with van der Waals surface area (Å²) in [5.41, 5.74) is 1.71. The van der Waals surface area contributed by atoms with Gasteiger partial charge >= 0.3 is 0 Å². The fourth-order valence-corrected chi connectivity index (χ4v) is 3.55. The zero-order valence-corrected chi connectivity index (χ0v) is 17.0. The molecule has 1 aliphatic rings. The topological polar surface area (TPSA) is 42.0 Å². The van der Waals surface area contributed by atoms with Crippen molar-refractivity contribution in [1.29, 1.82) is 0 Å². The Morgan fingerprint density at radius 3 is 2.43 bits per heavy atom. The molecule has 6 heteroatoms. The number of nitrogens with zero attached hydrogens (tertiary/aromatic N) is 2. The molecule has 0 atom stereocenters. The lowest BCUT2D eigenvalue weighted by atomic mass is 10.1. The number of hydrogen-bond donors (Lipinski definition) is 0. The van der Waals surface area contributed by atoms with Crippen LogP contribution in [0.15, 0.2) is 48.5 Å². The van der Waals surface area contributed by atoms with E-state index in [4.69, 9.17) is 21.1 Å². The standard InChI is InChI=1S/C22H25ClN2O3/c1-27-20-16-18(15-19(23)21(20)28-2)22(26)25-13-11-24(12-14-25)10-6-9-17-7-4-3-5-8-17/h3-9,15-16H,10-14H2,1-2H3/b9-6+. The summed E-state index contributed by atoms with van der Waals surface area (Å²) in [4.78, 5) is 17.1. The molecule has 1 heterocycles. The summed E-state index contributed by atoms with van der Waals surface area (Å²) in [5.74, 6) is 0.862. The van der Waals surface area contributed by atoms with E-state index in [1.807, 2.05) is 23.1 Å². The Labute approximate surface area is 171 Å². The molecule has 2 aromatic carbocycles. The molecule has 0 unspecified atom stereocenters. The third kappa shape index (κ3) is 4.86. The zero-order valence-electron chi connectivity index (χ0n) is 16.2. The Kier molecular flexibility index (Phi) is 6.95. The van der Waals surface area contributed by atoms with E-state index in [1.165, 1.54) is 19.8 Å². The van der Waals surface area contributed by atoms with Crippen molar-refractivity contribution in [2.75, 3.05) is 46.9 Å². The van der Waals surface area contributed by atoms with Gasteiger partial charge in [0.1, 0.15) is 0 Å². The number of benzene rings is 2. The second-order valence-electron chi connectivity index (χ2n) is 6.60. The molecule has 0 N–H and O–H groups in total. The number of halogens is 1. The van der Waals surface area contributed by atoms with Gasteiger partial charge < -0.3 is 14.4 Å². The molecule has 1 fully saturated rings. The van der Waals surface area contributed by atoms with E-state index in [-0.39, 0.29) is 5.91 Å². The van der Waals surface area contributed by atoms with Crippen molar-refractivity contribution < 1.29 is 14.3 Å². The third-order valence-corrected chi connectivity index (χ3v) is 5.09. The molecule has 148 valence electrons. The highest BCUT2D eigenvalue weighted by Crippen LogP contribution is 2.36. The fourth-order valence-electron chi connectivity index (χ4n) is 3.26. The first-order valence-electron chi connectivity index (χ1n) is 9.27. The molecule has 3 rings (SSSR count). The number of hydrogen-bond acceptors (Lipinski definition) is 4. The van der Waals surface area contributed by atoms with E-state index in [1.54, 1.807) is 12.1 Å². The molecule has 0 aliphatic carbocycles. The quantitative estimate of drug-likeness (QED) is 0.739. The van der Waals surface area contributed by atoms with Gasteiger partial charge in [0.05, 0.1) is 19.2 Å². The van der Waals surface area contributed by atoms with E-state index >= 15 is 0 Å². The van der Waals surface area contributed by atoms with Gasteiger partial charge in [0.15, 0.2) is 11.5 Å². The van der Waals surface area contributed by atoms with Gasteiger partial charge in [-0.05, 0) is 17.7 Å². The first-order valence-corrected chi connectivity index (χ1v) is 9.65. The van der Waals surface area contributed by atoms with Crippen molar-refractivity contribution in [3.05, 3.63) is 64.7 Å². The van der Waals surface area contributed by atoms with Gasteiger partial charge in [-0.2, -0.15) is 0 Å². The van der Waals surface area contributed by atoms with Crippen LogP contribution in [0.3, 0.4) is 0 Å². The zero-order chi connectivity index (χ0) is 19.9. The summed E-state index contributed by atoms with van der Waals surface area (Å²) in [5, 5.41) is 0.370. The lowest BCUT2D eigenvalue weighted by molar-refractivity contribution is 0.0650. The van der Waals surface area contributed by atoms with Crippen molar-refractivity contribution in [3.8, 4) is 11.5 Å². The molecule has 28 heavy (non-hydrogen) atoms. The molecule has 2 aromatic rings. The van der Waals surface area contributed by atoms with Crippen LogP contribution in [0, 0.1) is 0 Å². The highest BCUT2D eigenvalue weighted by molar-refractivity contribution is 6.32. The smallest absolute Gasteiger partial charge is 0.254 e. The van der Waals surface area contributed by atoms with E-state index in [2.05, 4.69) is 29.2 Å². The number of methoxy groups -OCH3 is 2. The minimum absolute atomic E-state index is 0.0395. The molecule has 0 radical (unpaired) electrons. The van der Waals surface area contributed by atoms with Crippen molar-refractivity contribution in [3.63, 3.8) is 0 Å². The normalized spacial score (nSPS) is 15.0. The van der Waals surface area contributed by atoms with E-state index in [0.717, 1.165) is 19.6 Å². The Morgan fingerprint density at radius 2 is 1.79 bits per heavy atom. The minimum Gasteiger partial charge on any atom is -0.493 e. The van der Waals surface area contributed by atoms with Crippen LogP contribution in [0.25, 0.3) is 6.08 Å². The maximum atomic E-state index is 12.9. The van der Waals surface area contributed by atoms with Gasteiger partial charge in [0.25, 0.3) is 5.91 Å². The van der Waals surface area contributed by atoms with Crippen molar-refractivity contribution in [1.82, 2.24) is 9.80 Å². The number of rotatable bonds is 6. The largest absolute Gasteiger partial charge is 0.493 e. The molecular weight excluding hydrogens is 376 g/mol. The molecule has 0 spiro atoms. The Morgan fingerprint density at radius 1 is 1.07 bits per heavy atom. The summed E-state index contributed by atoms with van der Waals surface area (Å²) >= 11 is 6.24. The van der Waals surface area contributed by atoms with E-state index in [9.17, 15) is 4.79 Å². The summed E-state index contributed by atoms with van der Waals surface area (Å²) in [7, 11) is 3.06. The Hall–Kier alpha value is -2.50. The van der Waals surface area contributed by atoms with Crippen molar-refractivity contribution in [2.24, 2.45) is 0 Å². The first-order chi connectivity index (χ1) is 13.6. The monoisotopic (exact) mass is 400 g/mol. The molecule has 1 saturated heterocycles. The molecule has 5 nitrogen and oxygen atoms in total. The van der Waals surface area contributed by atoms with Gasteiger partial charge in [0.2, 0.25) is 0 Å². The van der Waals surface area contributed by atoms with Crippen LogP contribution >= 0.6 is 11.6 Å². The van der Waals surface area contributed by atoms with Crippen molar-refractivity contribution in [2.45, 2.75) is 0 Å². The molecular formula is C22H25ClN2O3. The molecule has 1 aliphatic heterocycles. The molecule has 0 saturated carbocycles. The maximum Gasteiger partial charge on any atom is 0.254 e. The SMILES string of the molecule is COc1cc(C(=O)N2CCN(C/C=C/c3ccccc3)CC2)cc(Cl)c1OC. The van der Waals surface area contributed by atoms with Crippen LogP contribution in [-0.4, -0.2) is 62.7 Å². The van der Waals surface area contributed by atoms with Crippen LogP contribution < -0.4 is 9.47 Å². The highest BCUT2D eigenvalue weighted by Gasteiger charge is 2.23. The summed E-state index contributed by atoms with van der Waals surface area (Å²) in [6.45, 7) is 3.92. The molecule has 0 bridgehead atoms. The average Bonchev–Trinajstić information content (AvgIpc) is 2.74. The van der Waals surface area contributed by atoms with Gasteiger partial charge in [-0.15, -0.1) is 0 Å². The summed E-state index contributed by atoms with van der Waals surface area (Å²) in [6.07, 6.45) is 4.30. The predicted octanol–water partition coefficient (Wildman–Crippen LogP) is 3.83. The first kappa shape index (κ1) is 20.2. The van der Waals surface area contributed by atoms with Gasteiger partial charge in [-0.3, -0.25) is 9.69 Å². The second kappa shape index (κ2) is 9.62. The molecule has 0 aromatic heterocycles. The predicted molar refractivity (Wildman–Crippen MR) is 112 cm³/mol. The Balaban J connectivity index is 1.56. The van der Waals surface area contributed by atoms with Crippen LogP contribution in [0.2, 0.25) is 5.02 Å². The lowest BCUT2D eigenvalue weighted by Crippen LogP contribution is -2.48. The van der Waals surface area contributed by atoms with Crippen LogP contribution in [0.1, 0.15) is 15.9 Å². The van der Waals surface area contributed by atoms with Gasteiger partial charge in [-0.1, -0.05) is 54.1 Å². The maximum absolute atomic E-state index is 12.9. The number of carbonyl (C=O) groups is 1. The minimum atomic E-state index is -0.0395. The van der Waals surface area contributed by atoms with Crippen LogP contribution in [0.4, 0.5) is 0 Å². The second-order valence-corrected chi connectivity index (χ2v) is 7.01. The lowest BCUT2D eigenvalue weighted by Gasteiger charge is -2.34. The number of amides is 1. The van der Waals surface area contributed by atoms with Gasteiger partial charge in [-0.25, -0.2) is 0 Å². The van der Waals surface area contributed by atoms with Crippen LogP contribution in [0.5, 0.6) is 11.5 Å². The average molecular weight is 401 g/mol. The fraction of sp³-hybridized carbons (Fsp3) is 0.318. The number of ether oxygens (including phenoxy) is 2. The van der Waals surface area contributed by atoms with E-state index in [0.29, 0.717) is 35.2 Å². The van der Waals surface area contributed by atoms with Gasteiger partial charge in [0, 0.05) is 38.3 Å². The summed E-state index contributed by atoms with van der Waals surface area (Å²) < 4.78 is 10.5. The Bertz CT molecular complexity index is 831. The van der Waals surface area contributed by atoms with Crippen LogP contribution in [-0.2, 0) is 0 Å². The highest BCUT2D eigenvalue weighted by atomic mass is 35.5. The molecule has 1 amide bonds. The van der Waals surface area contributed by atoms with E-state index < -0.39 is 0 Å². The van der Waals surface area contributed by atoms with Crippen molar-refractivity contribution >= 4 is 23.6 Å². The summed E-state index contributed by atoms with van der Waals surface area (Å²) in [6, 6.07) is 13.6. The number of carbonyl (C=O) groups excluding carboxylic acids is 1.